The van der Waals surface area contributed by atoms with Crippen LogP contribution in [0, 0.1) is 11.7 Å². The van der Waals surface area contributed by atoms with Crippen LogP contribution in [0.2, 0.25) is 0 Å². The third-order valence-electron chi connectivity index (χ3n) is 7.23. The smallest absolute Gasteiger partial charge is 0.327 e. The highest BCUT2D eigenvalue weighted by atomic mass is 19.1. The van der Waals surface area contributed by atoms with Crippen molar-refractivity contribution in [2.24, 2.45) is 5.92 Å². The van der Waals surface area contributed by atoms with Crippen LogP contribution in [0.25, 0.3) is 0 Å². The molecule has 1 N–H and O–H groups in total. The van der Waals surface area contributed by atoms with Gasteiger partial charge in [-0.25, -0.2) is 9.18 Å². The van der Waals surface area contributed by atoms with E-state index in [1.807, 2.05) is 18.2 Å². The van der Waals surface area contributed by atoms with E-state index in [0.717, 1.165) is 24.8 Å². The lowest BCUT2D eigenvalue weighted by atomic mass is 9.81. The lowest BCUT2D eigenvalue weighted by molar-refractivity contribution is -0.141. The number of halogens is 1. The highest BCUT2D eigenvalue weighted by Gasteiger charge is 2.46. The molecular weight excluding hydrogens is 477 g/mol. The molecule has 0 radical (unpaired) electrons. The maximum atomic E-state index is 14.4. The fourth-order valence-electron chi connectivity index (χ4n) is 5.25. The van der Waals surface area contributed by atoms with Crippen LogP contribution in [0.4, 0.5) is 9.18 Å². The third kappa shape index (κ3) is 6.03. The highest BCUT2D eigenvalue weighted by Crippen LogP contribution is 2.35. The number of imide groups is 1. The highest BCUT2D eigenvalue weighted by molar-refractivity contribution is 5.99. The first-order chi connectivity index (χ1) is 17.9. The number of nitrogens with zero attached hydrogens (tertiary/aromatic N) is 2. The number of urea groups is 1. The summed E-state index contributed by atoms with van der Waals surface area (Å²) in [6, 6.07) is 11.3. The second kappa shape index (κ2) is 12.1. The summed E-state index contributed by atoms with van der Waals surface area (Å²) in [5.74, 6) is 0.0984. The Hall–Kier alpha value is -3.62. The second-order valence-electron chi connectivity index (χ2n) is 9.49. The van der Waals surface area contributed by atoms with Crippen LogP contribution >= 0.6 is 0 Å². The van der Waals surface area contributed by atoms with Gasteiger partial charge in [-0.15, -0.1) is 0 Å². The molecule has 198 valence electrons. The zero-order valence-electron chi connectivity index (χ0n) is 21.4. The number of rotatable bonds is 10. The van der Waals surface area contributed by atoms with Gasteiger partial charge in [-0.3, -0.25) is 14.5 Å². The van der Waals surface area contributed by atoms with Crippen molar-refractivity contribution in [2.75, 3.05) is 27.3 Å². The molecule has 2 aliphatic rings. The molecule has 2 atom stereocenters. The summed E-state index contributed by atoms with van der Waals surface area (Å²) in [5.41, 5.74) is 1.40. The predicted octanol–water partition coefficient (Wildman–Crippen LogP) is 3.91. The molecule has 1 heterocycles. The van der Waals surface area contributed by atoms with Crippen LogP contribution < -0.4 is 14.8 Å². The minimum atomic E-state index is -0.450. The van der Waals surface area contributed by atoms with Crippen molar-refractivity contribution in [3.05, 3.63) is 59.4 Å². The van der Waals surface area contributed by atoms with Crippen molar-refractivity contribution in [1.29, 1.82) is 0 Å². The Morgan fingerprint density at radius 3 is 2.57 bits per heavy atom. The Kier molecular flexibility index (Phi) is 8.63. The average molecular weight is 512 g/mol. The van der Waals surface area contributed by atoms with Crippen LogP contribution in [0.3, 0.4) is 0 Å². The topological polar surface area (TPSA) is 88.2 Å². The number of carbonyl (C=O) groups excluding carboxylic acids is 3. The van der Waals surface area contributed by atoms with E-state index in [4.69, 9.17) is 9.47 Å². The molecular formula is C28H34FN3O5. The number of fused-ring (bicyclic) bond motifs is 1. The summed E-state index contributed by atoms with van der Waals surface area (Å²) >= 11 is 0. The van der Waals surface area contributed by atoms with Gasteiger partial charge in [0.25, 0.3) is 0 Å². The predicted molar refractivity (Wildman–Crippen MR) is 136 cm³/mol. The quantitative estimate of drug-likeness (QED) is 0.523. The Morgan fingerprint density at radius 1 is 1.05 bits per heavy atom. The van der Waals surface area contributed by atoms with E-state index >= 15 is 0 Å². The summed E-state index contributed by atoms with van der Waals surface area (Å²) in [7, 11) is 3.14. The summed E-state index contributed by atoms with van der Waals surface area (Å²) in [5, 5.41) is 2.86. The second-order valence-corrected chi connectivity index (χ2v) is 9.49. The number of hydrogen-bond donors (Lipinski definition) is 1. The number of nitrogens with one attached hydrogen (secondary N) is 1. The van der Waals surface area contributed by atoms with E-state index in [-0.39, 0.29) is 49.1 Å². The van der Waals surface area contributed by atoms with Crippen LogP contribution in [-0.2, 0) is 22.6 Å². The van der Waals surface area contributed by atoms with E-state index in [1.54, 1.807) is 37.3 Å². The fraction of sp³-hybridized carbons (Fsp3) is 0.464. The van der Waals surface area contributed by atoms with Crippen LogP contribution in [-0.4, -0.2) is 61.0 Å². The first kappa shape index (κ1) is 26.4. The van der Waals surface area contributed by atoms with E-state index < -0.39 is 6.03 Å². The molecule has 8 nitrogen and oxygen atoms in total. The number of hydrogen-bond acceptors (Lipinski definition) is 5. The zero-order valence-corrected chi connectivity index (χ0v) is 21.4. The zero-order chi connectivity index (χ0) is 26.4. The van der Waals surface area contributed by atoms with Gasteiger partial charge in [-0.05, 0) is 43.0 Å². The van der Waals surface area contributed by atoms with E-state index in [9.17, 15) is 18.8 Å². The van der Waals surface area contributed by atoms with Crippen LogP contribution in [0.5, 0.6) is 11.5 Å². The molecule has 9 heteroatoms. The molecule has 1 aliphatic carbocycles. The fourth-order valence-corrected chi connectivity index (χ4v) is 5.25. The van der Waals surface area contributed by atoms with Crippen molar-refractivity contribution in [2.45, 2.75) is 51.1 Å². The first-order valence-corrected chi connectivity index (χ1v) is 12.8. The normalized spacial score (nSPS) is 19.4. The van der Waals surface area contributed by atoms with Gasteiger partial charge < -0.3 is 19.7 Å². The summed E-state index contributed by atoms with van der Waals surface area (Å²) < 4.78 is 24.9. The number of carbonyl (C=O) groups is 3. The van der Waals surface area contributed by atoms with Crippen molar-refractivity contribution in [3.63, 3.8) is 0 Å². The molecule has 0 aromatic heterocycles. The van der Waals surface area contributed by atoms with E-state index in [1.165, 1.54) is 11.0 Å². The van der Waals surface area contributed by atoms with Gasteiger partial charge in [-0.2, -0.15) is 0 Å². The van der Waals surface area contributed by atoms with E-state index in [2.05, 4.69) is 5.32 Å². The number of methoxy groups -OCH3 is 2. The maximum Gasteiger partial charge on any atom is 0.327 e. The molecule has 2 aromatic rings. The number of benzene rings is 2. The van der Waals surface area contributed by atoms with Crippen LogP contribution in [0.1, 0.15) is 43.2 Å². The number of ether oxygens (including phenoxy) is 2. The molecule has 2 aromatic carbocycles. The van der Waals surface area contributed by atoms with Crippen LogP contribution in [0.15, 0.2) is 42.5 Å². The first-order valence-electron chi connectivity index (χ1n) is 12.8. The number of amides is 4. The maximum absolute atomic E-state index is 14.4. The molecule has 4 rings (SSSR count). The van der Waals surface area contributed by atoms with Gasteiger partial charge in [-0.1, -0.05) is 37.1 Å². The molecule has 2 fully saturated rings. The van der Waals surface area contributed by atoms with E-state index in [0.29, 0.717) is 36.4 Å². The lowest BCUT2D eigenvalue weighted by Crippen LogP contribution is -2.62. The largest absolute Gasteiger partial charge is 0.493 e. The molecule has 2 unspecified atom stereocenters. The van der Waals surface area contributed by atoms with Crippen molar-refractivity contribution < 1.29 is 28.2 Å². The minimum absolute atomic E-state index is 0.00312. The molecule has 1 saturated heterocycles. The molecule has 1 aliphatic heterocycles. The van der Waals surface area contributed by atoms with Gasteiger partial charge in [0.1, 0.15) is 5.82 Å². The molecule has 0 bridgehead atoms. The summed E-state index contributed by atoms with van der Waals surface area (Å²) in [6.07, 6.45) is 3.86. The Balaban J connectivity index is 1.35. The Labute approximate surface area is 216 Å². The monoisotopic (exact) mass is 511 g/mol. The molecule has 1 saturated carbocycles. The van der Waals surface area contributed by atoms with Crippen molar-refractivity contribution >= 4 is 17.8 Å². The molecule has 0 spiro atoms. The Morgan fingerprint density at radius 2 is 1.81 bits per heavy atom. The van der Waals surface area contributed by atoms with Crippen molar-refractivity contribution in [3.8, 4) is 11.5 Å². The van der Waals surface area contributed by atoms with Gasteiger partial charge in [0, 0.05) is 31.1 Å². The Bertz CT molecular complexity index is 1140. The van der Waals surface area contributed by atoms with Gasteiger partial charge >= 0.3 is 6.03 Å². The minimum Gasteiger partial charge on any atom is -0.493 e. The van der Waals surface area contributed by atoms with Gasteiger partial charge in [0.15, 0.2) is 11.5 Å². The molecule has 37 heavy (non-hydrogen) atoms. The van der Waals surface area contributed by atoms with Crippen molar-refractivity contribution in [1.82, 2.24) is 15.1 Å². The SMILES string of the molecule is COc1ccc(CCNC(=O)CCN2C(=O)C3CCCCC3N(Cc3ccccc3F)C2=O)cc1OC. The van der Waals surface area contributed by atoms with Gasteiger partial charge in [0.2, 0.25) is 11.8 Å². The standard InChI is InChI=1S/C28H34FN3O5/c1-36-24-12-11-19(17-25(24)37-2)13-15-30-26(33)14-16-31-27(34)21-8-4-6-10-23(21)32(28(31)35)18-20-7-3-5-9-22(20)29/h3,5,7,9,11-12,17,21,23H,4,6,8,10,13-16,18H2,1-2H3,(H,30,33). The average Bonchev–Trinajstić information content (AvgIpc) is 2.91. The third-order valence-corrected chi connectivity index (χ3v) is 7.23. The van der Waals surface area contributed by atoms with Gasteiger partial charge in [0.05, 0.1) is 26.7 Å². The lowest BCUT2D eigenvalue weighted by Gasteiger charge is -2.46. The summed E-state index contributed by atoms with van der Waals surface area (Å²) in [6.45, 7) is 0.505. The molecule has 4 amide bonds. The summed E-state index contributed by atoms with van der Waals surface area (Å²) in [4.78, 5) is 41.9.